The molecule has 1 atom stereocenters. The third-order valence-corrected chi connectivity index (χ3v) is 3.14. The highest BCUT2D eigenvalue weighted by molar-refractivity contribution is 5.45. The van der Waals surface area contributed by atoms with Crippen LogP contribution < -0.4 is 4.74 Å². The van der Waals surface area contributed by atoms with E-state index >= 15 is 0 Å². The molecule has 0 aromatic heterocycles. The minimum absolute atomic E-state index is 0.273. The van der Waals surface area contributed by atoms with E-state index in [-0.39, 0.29) is 5.75 Å². The van der Waals surface area contributed by atoms with Gasteiger partial charge in [-0.3, -0.25) is 0 Å². The van der Waals surface area contributed by atoms with Crippen LogP contribution in [0.2, 0.25) is 0 Å². The zero-order valence-electron chi connectivity index (χ0n) is 11.9. The molecule has 18 heavy (non-hydrogen) atoms. The zero-order valence-corrected chi connectivity index (χ0v) is 11.9. The predicted molar refractivity (Wildman–Crippen MR) is 75.1 cm³/mol. The van der Waals surface area contributed by atoms with Crippen LogP contribution in [0.25, 0.3) is 0 Å². The van der Waals surface area contributed by atoms with Crippen LogP contribution in [0.5, 0.6) is 11.5 Å². The summed E-state index contributed by atoms with van der Waals surface area (Å²) in [4.78, 5) is 2.24. The van der Waals surface area contributed by atoms with Crippen molar-refractivity contribution >= 4 is 0 Å². The van der Waals surface area contributed by atoms with Crippen LogP contribution in [-0.2, 0) is 6.54 Å². The number of benzene rings is 1. The first-order valence-electron chi connectivity index (χ1n) is 6.70. The average molecular weight is 251 g/mol. The molecule has 1 rings (SSSR count). The van der Waals surface area contributed by atoms with Crippen LogP contribution in [-0.4, -0.2) is 30.2 Å². The molecule has 1 unspecified atom stereocenters. The molecule has 0 aliphatic heterocycles. The lowest BCUT2D eigenvalue weighted by Gasteiger charge is -2.21. The molecule has 3 nitrogen and oxygen atoms in total. The summed E-state index contributed by atoms with van der Waals surface area (Å²) in [5, 5.41) is 10.1. The maximum Gasteiger partial charge on any atom is 0.162 e. The molecule has 0 saturated carbocycles. The van der Waals surface area contributed by atoms with E-state index in [1.165, 1.54) is 6.42 Å². The first-order chi connectivity index (χ1) is 8.58. The van der Waals surface area contributed by atoms with Crippen molar-refractivity contribution in [2.24, 2.45) is 5.92 Å². The Morgan fingerprint density at radius 1 is 1.33 bits per heavy atom. The number of hydrogen-bond donors (Lipinski definition) is 1. The van der Waals surface area contributed by atoms with Gasteiger partial charge < -0.3 is 14.7 Å². The summed E-state index contributed by atoms with van der Waals surface area (Å²) in [5.41, 5.74) is 0.923. The Morgan fingerprint density at radius 2 is 2.06 bits per heavy atom. The molecule has 1 N–H and O–H groups in total. The van der Waals surface area contributed by atoms with Gasteiger partial charge in [0.25, 0.3) is 0 Å². The largest absolute Gasteiger partial charge is 0.504 e. The molecule has 102 valence electrons. The van der Waals surface area contributed by atoms with E-state index in [1.54, 1.807) is 6.07 Å². The van der Waals surface area contributed by atoms with Crippen molar-refractivity contribution in [3.05, 3.63) is 23.8 Å². The first-order valence-corrected chi connectivity index (χ1v) is 6.70. The van der Waals surface area contributed by atoms with Crippen molar-refractivity contribution in [1.82, 2.24) is 4.90 Å². The molecule has 0 saturated heterocycles. The minimum atomic E-state index is 0.273. The molecular weight excluding hydrogens is 226 g/mol. The Morgan fingerprint density at radius 3 is 2.67 bits per heavy atom. The average Bonchev–Trinajstić information content (AvgIpc) is 2.34. The first kappa shape index (κ1) is 14.8. The molecular formula is C15H25NO2. The van der Waals surface area contributed by atoms with Crippen molar-refractivity contribution < 1.29 is 9.84 Å². The standard InChI is InChI=1S/C15H25NO2/c1-5-12(3)10-16(4)11-13-8-7-9-14(15(13)17)18-6-2/h7-9,12,17H,5-6,10-11H2,1-4H3. The second-order valence-electron chi connectivity index (χ2n) is 4.91. The summed E-state index contributed by atoms with van der Waals surface area (Å²) in [6.45, 7) is 8.71. The van der Waals surface area contributed by atoms with Crippen LogP contribution in [0.4, 0.5) is 0 Å². The van der Waals surface area contributed by atoms with Crippen LogP contribution in [0.15, 0.2) is 18.2 Å². The van der Waals surface area contributed by atoms with Crippen molar-refractivity contribution in [2.75, 3.05) is 20.2 Å². The van der Waals surface area contributed by atoms with E-state index in [4.69, 9.17) is 4.74 Å². The van der Waals surface area contributed by atoms with Gasteiger partial charge in [0, 0.05) is 18.7 Å². The summed E-state index contributed by atoms with van der Waals surface area (Å²) in [6.07, 6.45) is 1.18. The second-order valence-corrected chi connectivity index (χ2v) is 4.91. The maximum atomic E-state index is 10.1. The van der Waals surface area contributed by atoms with Crippen LogP contribution in [0.3, 0.4) is 0 Å². The molecule has 3 heteroatoms. The topological polar surface area (TPSA) is 32.7 Å². The fraction of sp³-hybridized carbons (Fsp3) is 0.600. The molecule has 0 heterocycles. The fourth-order valence-electron chi connectivity index (χ4n) is 1.98. The molecule has 0 aliphatic carbocycles. The van der Waals surface area contributed by atoms with Gasteiger partial charge in [-0.2, -0.15) is 0 Å². The van der Waals surface area contributed by atoms with Gasteiger partial charge in [0.05, 0.1) is 6.61 Å². The number of aromatic hydroxyl groups is 1. The maximum absolute atomic E-state index is 10.1. The lowest BCUT2D eigenvalue weighted by atomic mass is 10.1. The van der Waals surface area contributed by atoms with Gasteiger partial charge in [0.2, 0.25) is 0 Å². The van der Waals surface area contributed by atoms with E-state index in [1.807, 2.05) is 19.1 Å². The Labute approximate surface area is 110 Å². The normalized spacial score (nSPS) is 12.7. The van der Waals surface area contributed by atoms with E-state index in [2.05, 4.69) is 25.8 Å². The summed E-state index contributed by atoms with van der Waals surface area (Å²) < 4.78 is 5.39. The highest BCUT2D eigenvalue weighted by Crippen LogP contribution is 2.30. The molecule has 1 aromatic rings. The highest BCUT2D eigenvalue weighted by atomic mass is 16.5. The van der Waals surface area contributed by atoms with Crippen molar-refractivity contribution in [3.8, 4) is 11.5 Å². The molecule has 0 bridgehead atoms. The summed E-state index contributed by atoms with van der Waals surface area (Å²) in [5.74, 6) is 1.52. The third-order valence-electron chi connectivity index (χ3n) is 3.14. The second kappa shape index (κ2) is 7.27. The van der Waals surface area contributed by atoms with Crippen LogP contribution in [0, 0.1) is 5.92 Å². The number of para-hydroxylation sites is 1. The SMILES string of the molecule is CCOc1cccc(CN(C)CC(C)CC)c1O. The van der Waals surface area contributed by atoms with E-state index < -0.39 is 0 Å². The number of rotatable bonds is 7. The van der Waals surface area contributed by atoms with Crippen LogP contribution in [0.1, 0.15) is 32.8 Å². The number of nitrogens with zero attached hydrogens (tertiary/aromatic N) is 1. The van der Waals surface area contributed by atoms with E-state index in [9.17, 15) is 5.11 Å². The lowest BCUT2D eigenvalue weighted by molar-refractivity contribution is 0.268. The molecule has 0 radical (unpaired) electrons. The quantitative estimate of drug-likeness (QED) is 0.807. The van der Waals surface area contributed by atoms with Gasteiger partial charge in [-0.25, -0.2) is 0 Å². The van der Waals surface area contributed by atoms with E-state index in [0.29, 0.717) is 18.3 Å². The Hall–Kier alpha value is -1.22. The zero-order chi connectivity index (χ0) is 13.5. The van der Waals surface area contributed by atoms with Gasteiger partial charge in [-0.05, 0) is 26.0 Å². The summed E-state index contributed by atoms with van der Waals surface area (Å²) in [7, 11) is 2.08. The lowest BCUT2D eigenvalue weighted by Crippen LogP contribution is -2.23. The number of phenols is 1. The molecule has 0 aliphatic rings. The van der Waals surface area contributed by atoms with Crippen molar-refractivity contribution in [2.45, 2.75) is 33.7 Å². The van der Waals surface area contributed by atoms with Gasteiger partial charge in [0.15, 0.2) is 11.5 Å². The molecule has 0 spiro atoms. The van der Waals surface area contributed by atoms with Crippen LogP contribution >= 0.6 is 0 Å². The van der Waals surface area contributed by atoms with Crippen molar-refractivity contribution in [1.29, 1.82) is 0 Å². The molecule has 1 aromatic carbocycles. The van der Waals surface area contributed by atoms with E-state index in [0.717, 1.165) is 18.7 Å². The number of phenolic OH excluding ortho intramolecular Hbond substituents is 1. The van der Waals surface area contributed by atoms with Gasteiger partial charge in [0.1, 0.15) is 0 Å². The van der Waals surface area contributed by atoms with Gasteiger partial charge in [-0.1, -0.05) is 32.4 Å². The monoisotopic (exact) mass is 251 g/mol. The predicted octanol–water partition coefficient (Wildman–Crippen LogP) is 3.27. The summed E-state index contributed by atoms with van der Waals surface area (Å²) >= 11 is 0. The summed E-state index contributed by atoms with van der Waals surface area (Å²) in [6, 6.07) is 5.68. The molecule has 0 amide bonds. The Bertz CT molecular complexity index is 366. The Balaban J connectivity index is 2.69. The molecule has 0 fully saturated rings. The third kappa shape index (κ3) is 4.22. The van der Waals surface area contributed by atoms with Gasteiger partial charge in [-0.15, -0.1) is 0 Å². The fourth-order valence-corrected chi connectivity index (χ4v) is 1.98. The van der Waals surface area contributed by atoms with Crippen molar-refractivity contribution in [3.63, 3.8) is 0 Å². The Kier molecular flexibility index (Phi) is 5.99. The highest BCUT2D eigenvalue weighted by Gasteiger charge is 2.11. The number of ether oxygens (including phenoxy) is 1. The number of hydrogen-bond acceptors (Lipinski definition) is 3. The minimum Gasteiger partial charge on any atom is -0.504 e. The smallest absolute Gasteiger partial charge is 0.162 e. The van der Waals surface area contributed by atoms with Gasteiger partial charge >= 0.3 is 0 Å².